The van der Waals surface area contributed by atoms with Crippen molar-refractivity contribution in [1.29, 1.82) is 0 Å². The van der Waals surface area contributed by atoms with E-state index in [4.69, 9.17) is 0 Å². The van der Waals surface area contributed by atoms with Crippen LogP contribution in [0.15, 0.2) is 91.1 Å². The number of pyridine rings is 1. The Morgan fingerprint density at radius 1 is 0.897 bits per heavy atom. The molecule has 194 valence electrons. The van der Waals surface area contributed by atoms with Crippen LogP contribution in [0.5, 0.6) is 0 Å². The van der Waals surface area contributed by atoms with Crippen molar-refractivity contribution in [3.8, 4) is 0 Å². The number of carboxylic acid groups (broad SMARTS) is 1. The van der Waals surface area contributed by atoms with Crippen molar-refractivity contribution in [2.45, 2.75) is 43.6 Å². The van der Waals surface area contributed by atoms with Crippen molar-refractivity contribution >= 4 is 34.4 Å². The number of aromatic nitrogens is 1. The van der Waals surface area contributed by atoms with Gasteiger partial charge in [-0.25, -0.2) is 4.79 Å². The summed E-state index contributed by atoms with van der Waals surface area (Å²) < 4.78 is 0. The molecular weight excluding hydrogens is 501 g/mol. The zero-order chi connectivity index (χ0) is 26.5. The van der Waals surface area contributed by atoms with Gasteiger partial charge in [-0.05, 0) is 48.2 Å². The summed E-state index contributed by atoms with van der Waals surface area (Å²) in [6, 6.07) is 24.7. The van der Waals surface area contributed by atoms with Crippen LogP contribution in [0.2, 0.25) is 0 Å². The zero-order valence-corrected chi connectivity index (χ0v) is 23.9. The van der Waals surface area contributed by atoms with Crippen LogP contribution in [0.4, 0.5) is 5.69 Å². The van der Waals surface area contributed by atoms with Crippen molar-refractivity contribution in [2.24, 2.45) is 0 Å². The molecule has 39 heavy (non-hydrogen) atoms. The average Bonchev–Trinajstić information content (AvgIpc) is 3.45. The van der Waals surface area contributed by atoms with Crippen molar-refractivity contribution < 1.29 is 50.5 Å². The molecule has 0 saturated heterocycles. The molecule has 0 spiro atoms. The van der Waals surface area contributed by atoms with E-state index in [1.165, 1.54) is 0 Å². The molecule has 1 fully saturated rings. The number of nitrogens with zero attached hydrogens (tertiary/aromatic N) is 1. The van der Waals surface area contributed by atoms with Gasteiger partial charge in [0.15, 0.2) is 0 Å². The van der Waals surface area contributed by atoms with Crippen LogP contribution in [0.3, 0.4) is 0 Å². The molecule has 4 aromatic rings. The summed E-state index contributed by atoms with van der Waals surface area (Å²) in [5.41, 5.74) is 2.83. The fourth-order valence-electron chi connectivity index (χ4n) is 5.33. The van der Waals surface area contributed by atoms with Crippen LogP contribution in [0, 0.1) is 0 Å². The number of carboxylic acids is 1. The number of carbonyl (C=O) groups excluding carboxylic acids is 2. The monoisotopic (exact) mass is 531 g/mol. The minimum Gasteiger partial charge on any atom is -1.00 e. The third-order valence-corrected chi connectivity index (χ3v) is 7.37. The van der Waals surface area contributed by atoms with Crippen molar-refractivity contribution in [3.63, 3.8) is 0 Å². The molecule has 1 aromatic heterocycles. The number of aliphatic carboxylic acids is 1. The van der Waals surface area contributed by atoms with Crippen LogP contribution in [-0.2, 0) is 21.4 Å². The number of carbonyl (C=O) groups is 3. The minimum atomic E-state index is -1.08. The molecule has 1 saturated carbocycles. The summed E-state index contributed by atoms with van der Waals surface area (Å²) in [5.74, 6) is -1.57. The van der Waals surface area contributed by atoms with Crippen LogP contribution in [-0.4, -0.2) is 33.9 Å². The van der Waals surface area contributed by atoms with Crippen molar-refractivity contribution in [1.82, 2.24) is 10.3 Å². The van der Waals surface area contributed by atoms with E-state index in [9.17, 15) is 19.5 Å². The fraction of sp³-hybridized carbons (Fsp3) is 0.226. The second-order valence-corrected chi connectivity index (χ2v) is 9.75. The normalized spacial score (nSPS) is 14.7. The molecule has 0 radical (unpaired) electrons. The molecule has 0 unspecified atom stereocenters. The Morgan fingerprint density at radius 3 is 2.26 bits per heavy atom. The van der Waals surface area contributed by atoms with Gasteiger partial charge in [-0.1, -0.05) is 73.5 Å². The number of hydrogen-bond acceptors (Lipinski definition) is 4. The number of fused-ring (bicyclic) bond motifs is 1. The topological polar surface area (TPSA) is 108 Å². The largest absolute Gasteiger partial charge is 1.00 e. The zero-order valence-electron chi connectivity index (χ0n) is 22.9. The summed E-state index contributed by atoms with van der Waals surface area (Å²) in [5, 5.41) is 16.4. The molecule has 3 N–H and O–H groups in total. The first kappa shape index (κ1) is 28.5. The third-order valence-electron chi connectivity index (χ3n) is 7.37. The van der Waals surface area contributed by atoms with Crippen molar-refractivity contribution in [2.75, 3.05) is 5.32 Å². The maximum atomic E-state index is 13.4. The molecule has 2 amide bonds. The van der Waals surface area contributed by atoms with E-state index >= 15 is 0 Å². The number of amides is 2. The van der Waals surface area contributed by atoms with E-state index < -0.39 is 17.4 Å². The number of rotatable bonds is 8. The Balaban J connectivity index is 0.00000220. The average molecular weight is 532 g/mol. The maximum Gasteiger partial charge on any atom is 1.00 e. The van der Waals surface area contributed by atoms with Crippen molar-refractivity contribution in [3.05, 3.63) is 108 Å². The first-order valence-electron chi connectivity index (χ1n) is 12.8. The molecule has 3 aromatic carbocycles. The molecule has 1 heterocycles. The van der Waals surface area contributed by atoms with Gasteiger partial charge in [-0.3, -0.25) is 14.6 Å². The van der Waals surface area contributed by atoms with Crippen LogP contribution >= 0.6 is 0 Å². The van der Waals surface area contributed by atoms with E-state index in [0.717, 1.165) is 34.9 Å². The summed E-state index contributed by atoms with van der Waals surface area (Å²) in [6.45, 7) is 0. The molecule has 1 aliphatic rings. The number of anilines is 1. The van der Waals surface area contributed by atoms with Crippen LogP contribution in [0.25, 0.3) is 10.9 Å². The fourth-order valence-corrected chi connectivity index (χ4v) is 5.33. The first-order chi connectivity index (χ1) is 18.5. The molecule has 5 rings (SSSR count). The number of para-hydroxylation sites is 1. The Morgan fingerprint density at radius 2 is 1.56 bits per heavy atom. The summed E-state index contributed by atoms with van der Waals surface area (Å²) in [6.07, 6.45) is 5.01. The van der Waals surface area contributed by atoms with E-state index in [1.807, 2.05) is 54.6 Å². The molecule has 8 heteroatoms. The Bertz CT molecular complexity index is 1470. The molecule has 0 bridgehead atoms. The minimum absolute atomic E-state index is 0. The van der Waals surface area contributed by atoms with Gasteiger partial charge in [0.2, 0.25) is 5.91 Å². The maximum absolute atomic E-state index is 13.4. The van der Waals surface area contributed by atoms with Crippen LogP contribution in [0.1, 0.15) is 48.6 Å². The van der Waals surface area contributed by atoms with Gasteiger partial charge < -0.3 is 17.2 Å². The summed E-state index contributed by atoms with van der Waals surface area (Å²) in [4.78, 5) is 42.7. The second kappa shape index (κ2) is 12.6. The van der Waals surface area contributed by atoms with E-state index in [1.54, 1.807) is 36.5 Å². The van der Waals surface area contributed by atoms with Gasteiger partial charge >= 0.3 is 35.5 Å². The molecule has 1 atom stereocenters. The SMILES string of the molecule is O=C(Nc1ccc(C[C@H](NC(=O)C2(c3ccccc3)CCCC2)C(=O)O)cc1)c1ccnc2ccccc12.[H-].[Na+]. The molecule has 1 aliphatic carbocycles. The molecular formula is C31H30N3NaO4. The molecule has 0 aliphatic heterocycles. The predicted octanol–water partition coefficient (Wildman–Crippen LogP) is 2.23. The van der Waals surface area contributed by atoms with Crippen LogP contribution < -0.4 is 40.2 Å². The van der Waals surface area contributed by atoms with Gasteiger partial charge in [-0.15, -0.1) is 0 Å². The third kappa shape index (κ3) is 6.22. The summed E-state index contributed by atoms with van der Waals surface area (Å²) in [7, 11) is 0. The second-order valence-electron chi connectivity index (χ2n) is 9.75. The van der Waals surface area contributed by atoms with E-state index in [-0.39, 0.29) is 49.2 Å². The van der Waals surface area contributed by atoms with Gasteiger partial charge in [0.1, 0.15) is 6.04 Å². The van der Waals surface area contributed by atoms with E-state index in [0.29, 0.717) is 24.1 Å². The first-order valence-corrected chi connectivity index (χ1v) is 12.8. The quantitative estimate of drug-likeness (QED) is 0.302. The summed E-state index contributed by atoms with van der Waals surface area (Å²) >= 11 is 0. The van der Waals surface area contributed by atoms with Gasteiger partial charge in [-0.2, -0.15) is 0 Å². The van der Waals surface area contributed by atoms with Gasteiger partial charge in [0, 0.05) is 23.7 Å². The standard InChI is InChI=1S/C31H29N3O4.Na.H/c35-28(25-16-19-32-26-11-5-4-10-24(25)26)33-23-14-12-21(13-15-23)20-27(29(36)37)34-30(38)31(17-6-7-18-31)22-8-2-1-3-9-22;;/h1-5,8-16,19,27H,6-7,17-18,20H2,(H,33,35)(H,34,38)(H,36,37);;/q;+1;-1/t27-;;/m0../s1. The van der Waals surface area contributed by atoms with Gasteiger partial charge in [0.05, 0.1) is 16.5 Å². The smallest absolute Gasteiger partial charge is 1.00 e. The Hall–Kier alpha value is -3.52. The number of benzene rings is 3. The number of hydrogen-bond donors (Lipinski definition) is 3. The predicted molar refractivity (Wildman–Crippen MR) is 147 cm³/mol. The number of nitrogens with one attached hydrogen (secondary N) is 2. The Labute approximate surface area is 250 Å². The van der Waals surface area contributed by atoms with E-state index in [2.05, 4.69) is 15.6 Å². The Kier molecular flexibility index (Phi) is 9.17. The van der Waals surface area contributed by atoms with Gasteiger partial charge in [0.25, 0.3) is 5.91 Å². The molecule has 7 nitrogen and oxygen atoms in total.